The Morgan fingerprint density at radius 2 is 1.65 bits per heavy atom. The fourth-order valence-corrected chi connectivity index (χ4v) is 5.99. The van der Waals surface area contributed by atoms with E-state index in [9.17, 15) is 0 Å². The summed E-state index contributed by atoms with van der Waals surface area (Å²) >= 11 is 1.75. The highest BCUT2D eigenvalue weighted by atomic mass is 32.2. The van der Waals surface area contributed by atoms with Gasteiger partial charge in [0.05, 0.1) is 12.7 Å². The lowest BCUT2D eigenvalue weighted by molar-refractivity contribution is -0.0212. The second-order valence-corrected chi connectivity index (χ2v) is 9.92. The highest BCUT2D eigenvalue weighted by Crippen LogP contribution is 2.35. The zero-order chi connectivity index (χ0) is 21.5. The lowest BCUT2D eigenvalue weighted by atomic mass is 9.82. The Bertz CT molecular complexity index is 763. The monoisotopic (exact) mass is 438 g/mol. The van der Waals surface area contributed by atoms with Crippen LogP contribution in [0.2, 0.25) is 0 Å². The van der Waals surface area contributed by atoms with Gasteiger partial charge in [-0.15, -0.1) is 0 Å². The Hall–Kier alpha value is -1.33. The maximum Gasteiger partial charge on any atom is 0.0575 e. The van der Waals surface area contributed by atoms with Gasteiger partial charge >= 0.3 is 0 Å². The van der Waals surface area contributed by atoms with Crippen molar-refractivity contribution in [2.75, 3.05) is 26.0 Å². The van der Waals surface area contributed by atoms with Crippen molar-refractivity contribution in [3.05, 3.63) is 71.8 Å². The highest BCUT2D eigenvalue weighted by Gasteiger charge is 2.33. The summed E-state index contributed by atoms with van der Waals surface area (Å²) in [7, 11) is 0. The largest absolute Gasteiger partial charge is 0.378 e. The number of piperidine rings is 1. The average Bonchev–Trinajstić information content (AvgIpc) is 2.84. The molecular formula is C27H38N2OS. The van der Waals surface area contributed by atoms with E-state index in [1.54, 1.807) is 11.9 Å². The van der Waals surface area contributed by atoms with E-state index in [1.165, 1.54) is 43.2 Å². The number of nitrogens with one attached hydrogen (secondary N) is 1. The van der Waals surface area contributed by atoms with E-state index in [0.29, 0.717) is 30.0 Å². The molecule has 1 N–H and O–H groups in total. The van der Waals surface area contributed by atoms with Gasteiger partial charge in [0.2, 0.25) is 0 Å². The number of benzene rings is 2. The molecule has 168 valence electrons. The molecule has 0 aromatic heterocycles. The van der Waals surface area contributed by atoms with E-state index in [2.05, 4.69) is 83.5 Å². The third-order valence-corrected chi connectivity index (χ3v) is 7.89. The summed E-state index contributed by atoms with van der Waals surface area (Å²) in [6.07, 6.45) is 8.64. The van der Waals surface area contributed by atoms with Crippen molar-refractivity contribution in [3.8, 4) is 0 Å². The van der Waals surface area contributed by atoms with Crippen LogP contribution in [0.25, 0.3) is 0 Å². The topological polar surface area (TPSA) is 24.5 Å². The van der Waals surface area contributed by atoms with Gasteiger partial charge in [-0.1, -0.05) is 72.6 Å². The molecular weight excluding hydrogens is 400 g/mol. The predicted molar refractivity (Wildman–Crippen MR) is 132 cm³/mol. The highest BCUT2D eigenvalue weighted by molar-refractivity contribution is 7.96. The Morgan fingerprint density at radius 1 is 0.968 bits per heavy atom. The van der Waals surface area contributed by atoms with Gasteiger partial charge in [-0.3, -0.25) is 9.62 Å². The van der Waals surface area contributed by atoms with Crippen LogP contribution in [0.15, 0.2) is 60.7 Å². The third-order valence-electron chi connectivity index (χ3n) is 7.36. The Morgan fingerprint density at radius 3 is 2.32 bits per heavy atom. The van der Waals surface area contributed by atoms with Gasteiger partial charge in [0, 0.05) is 31.1 Å². The van der Waals surface area contributed by atoms with E-state index in [0.717, 1.165) is 19.7 Å². The van der Waals surface area contributed by atoms with Crippen LogP contribution in [0.5, 0.6) is 0 Å². The lowest BCUT2D eigenvalue weighted by Gasteiger charge is -2.42. The zero-order valence-corrected chi connectivity index (χ0v) is 19.9. The maximum atomic E-state index is 6.54. The smallest absolute Gasteiger partial charge is 0.0575 e. The van der Waals surface area contributed by atoms with Gasteiger partial charge in [0.15, 0.2) is 0 Å². The standard InChI is InChI=1S/C27H38N2OS/c1-21(22-9-5-3-6-10-22)29-18-17-27(28-31-2)25(19-29)20-30-26-15-13-24(14-16-26)23-11-7-4-8-12-23/h3-12,21,24-28H,13-20H2,1-2H3/t21-,24?,25-,26?,27?/m0/s1. The molecule has 3 nitrogen and oxygen atoms in total. The van der Waals surface area contributed by atoms with E-state index in [4.69, 9.17) is 4.74 Å². The zero-order valence-electron chi connectivity index (χ0n) is 19.1. The summed E-state index contributed by atoms with van der Waals surface area (Å²) in [6, 6.07) is 22.9. The molecule has 1 saturated carbocycles. The number of nitrogens with zero attached hydrogens (tertiary/aromatic N) is 1. The number of hydrogen-bond acceptors (Lipinski definition) is 4. The van der Waals surface area contributed by atoms with Crippen LogP contribution in [0.1, 0.15) is 62.1 Å². The Kier molecular flexibility index (Phi) is 8.48. The first-order valence-electron chi connectivity index (χ1n) is 12.0. The van der Waals surface area contributed by atoms with Crippen molar-refractivity contribution < 1.29 is 4.74 Å². The molecule has 0 radical (unpaired) electrons. The van der Waals surface area contributed by atoms with Crippen LogP contribution >= 0.6 is 11.9 Å². The average molecular weight is 439 g/mol. The second kappa shape index (κ2) is 11.5. The molecule has 2 aliphatic rings. The fourth-order valence-electron chi connectivity index (χ4n) is 5.38. The maximum absolute atomic E-state index is 6.54. The molecule has 1 saturated heterocycles. The van der Waals surface area contributed by atoms with Crippen molar-refractivity contribution in [1.82, 2.24) is 9.62 Å². The SMILES string of the molecule is CSNC1CCN([C@@H](C)c2ccccc2)C[C@H]1COC1CCC(c2ccccc2)CC1. The summed E-state index contributed by atoms with van der Waals surface area (Å²) < 4.78 is 10.2. The molecule has 1 aliphatic carbocycles. The van der Waals surface area contributed by atoms with E-state index < -0.39 is 0 Å². The van der Waals surface area contributed by atoms with Gasteiger partial charge in [-0.2, -0.15) is 0 Å². The number of ether oxygens (including phenoxy) is 1. The van der Waals surface area contributed by atoms with Crippen LogP contribution < -0.4 is 4.72 Å². The number of rotatable bonds is 8. The molecule has 1 heterocycles. The van der Waals surface area contributed by atoms with Crippen molar-refractivity contribution >= 4 is 11.9 Å². The van der Waals surface area contributed by atoms with Gasteiger partial charge in [-0.25, -0.2) is 0 Å². The number of likely N-dealkylation sites (tertiary alicyclic amines) is 1. The third kappa shape index (κ3) is 6.13. The molecule has 0 spiro atoms. The summed E-state index contributed by atoms with van der Waals surface area (Å²) in [5.74, 6) is 1.25. The van der Waals surface area contributed by atoms with Crippen molar-refractivity contribution in [1.29, 1.82) is 0 Å². The summed E-state index contributed by atoms with van der Waals surface area (Å²) in [4.78, 5) is 2.65. The summed E-state index contributed by atoms with van der Waals surface area (Å²) in [6.45, 7) is 5.47. The van der Waals surface area contributed by atoms with E-state index >= 15 is 0 Å². The minimum atomic E-state index is 0.428. The minimum Gasteiger partial charge on any atom is -0.378 e. The quantitative estimate of drug-likeness (QED) is 0.507. The number of hydrogen-bond donors (Lipinski definition) is 1. The van der Waals surface area contributed by atoms with Crippen molar-refractivity contribution in [2.24, 2.45) is 5.92 Å². The van der Waals surface area contributed by atoms with Crippen molar-refractivity contribution in [3.63, 3.8) is 0 Å². The molecule has 31 heavy (non-hydrogen) atoms. The lowest BCUT2D eigenvalue weighted by Crippen LogP contribution is -2.50. The first-order valence-corrected chi connectivity index (χ1v) is 13.2. The van der Waals surface area contributed by atoms with Crippen LogP contribution in [0.4, 0.5) is 0 Å². The molecule has 0 bridgehead atoms. The van der Waals surface area contributed by atoms with E-state index in [1.807, 2.05) is 0 Å². The van der Waals surface area contributed by atoms with Crippen LogP contribution in [0.3, 0.4) is 0 Å². The molecule has 2 fully saturated rings. The minimum absolute atomic E-state index is 0.428. The fraction of sp³-hybridized carbons (Fsp3) is 0.556. The molecule has 1 aliphatic heterocycles. The van der Waals surface area contributed by atoms with Gasteiger partial charge in [-0.05, 0) is 62.3 Å². The Labute approximate surface area is 193 Å². The molecule has 1 unspecified atom stereocenters. The molecule has 4 heteroatoms. The predicted octanol–water partition coefficient (Wildman–Crippen LogP) is 6.05. The first-order chi connectivity index (χ1) is 15.2. The van der Waals surface area contributed by atoms with Crippen molar-refractivity contribution in [2.45, 2.75) is 63.1 Å². The Balaban J connectivity index is 1.30. The summed E-state index contributed by atoms with van der Waals surface area (Å²) in [5, 5.41) is 0. The molecule has 2 aromatic carbocycles. The second-order valence-electron chi connectivity index (χ2n) is 9.28. The van der Waals surface area contributed by atoms with Crippen LogP contribution in [-0.2, 0) is 4.74 Å². The molecule has 0 amide bonds. The van der Waals surface area contributed by atoms with Gasteiger partial charge in [0.25, 0.3) is 0 Å². The summed E-state index contributed by atoms with van der Waals surface area (Å²) in [5.41, 5.74) is 2.92. The van der Waals surface area contributed by atoms with Crippen LogP contribution in [-0.4, -0.2) is 43.0 Å². The molecule has 2 aromatic rings. The normalized spacial score (nSPS) is 28.3. The molecule has 4 rings (SSSR count). The van der Waals surface area contributed by atoms with E-state index in [-0.39, 0.29) is 0 Å². The van der Waals surface area contributed by atoms with Gasteiger partial charge in [0.1, 0.15) is 0 Å². The molecule has 3 atom stereocenters. The van der Waals surface area contributed by atoms with Gasteiger partial charge < -0.3 is 4.74 Å². The van der Waals surface area contributed by atoms with Crippen LogP contribution in [0, 0.1) is 5.92 Å². The first kappa shape index (κ1) is 22.8.